The molecule has 1 aromatic carbocycles. The fraction of sp³-hybridized carbons (Fsp3) is 0.364. The Bertz CT molecular complexity index is 401. The van der Waals surface area contributed by atoms with Crippen molar-refractivity contribution >= 4 is 37.8 Å². The number of methoxy groups -OCH3 is 1. The molecule has 0 saturated carbocycles. The molecule has 1 unspecified atom stereocenters. The number of carbonyl (C=O) groups is 1. The average Bonchev–Trinajstić information content (AvgIpc) is 2.32. The van der Waals surface area contributed by atoms with Gasteiger partial charge in [0.25, 0.3) is 0 Å². The summed E-state index contributed by atoms with van der Waals surface area (Å²) in [5, 5.41) is 2.98. The molecule has 0 spiro atoms. The smallest absolute Gasteiger partial charge is 0.320 e. The molecule has 3 nitrogen and oxygen atoms in total. The zero-order valence-corrected chi connectivity index (χ0v) is 12.3. The van der Waals surface area contributed by atoms with Gasteiger partial charge in [0.05, 0.1) is 7.11 Å². The van der Waals surface area contributed by atoms with Gasteiger partial charge in [0.2, 0.25) is 0 Å². The Morgan fingerprint density at radius 2 is 2.29 bits per heavy atom. The number of esters is 1. The SMILES string of the molecule is COC(=O)C(Br)CNCc1cc(Br)ccc1F. The van der Waals surface area contributed by atoms with Crippen molar-refractivity contribution in [3.63, 3.8) is 0 Å². The first kappa shape index (κ1) is 14.6. The van der Waals surface area contributed by atoms with Crippen molar-refractivity contribution in [2.24, 2.45) is 0 Å². The standard InChI is InChI=1S/C11H12Br2FNO2/c1-17-11(16)9(13)6-15-5-7-4-8(12)2-3-10(7)14/h2-4,9,15H,5-6H2,1H3. The van der Waals surface area contributed by atoms with Crippen molar-refractivity contribution in [3.05, 3.63) is 34.1 Å². The van der Waals surface area contributed by atoms with E-state index in [0.717, 1.165) is 4.47 Å². The second-order valence-electron chi connectivity index (χ2n) is 3.36. The first-order valence-electron chi connectivity index (χ1n) is 4.91. The summed E-state index contributed by atoms with van der Waals surface area (Å²) in [6, 6.07) is 4.73. The van der Waals surface area contributed by atoms with E-state index in [9.17, 15) is 9.18 Å². The fourth-order valence-electron chi connectivity index (χ4n) is 1.22. The van der Waals surface area contributed by atoms with Crippen LogP contribution in [0, 0.1) is 5.82 Å². The van der Waals surface area contributed by atoms with E-state index in [1.807, 2.05) is 0 Å². The quantitative estimate of drug-likeness (QED) is 0.641. The average molecular weight is 369 g/mol. The summed E-state index contributed by atoms with van der Waals surface area (Å²) >= 11 is 6.44. The highest BCUT2D eigenvalue weighted by Crippen LogP contribution is 2.15. The lowest BCUT2D eigenvalue weighted by atomic mass is 10.2. The monoisotopic (exact) mass is 367 g/mol. The zero-order valence-electron chi connectivity index (χ0n) is 9.17. The van der Waals surface area contributed by atoms with Crippen LogP contribution in [-0.2, 0) is 16.1 Å². The van der Waals surface area contributed by atoms with E-state index in [4.69, 9.17) is 0 Å². The molecule has 1 N–H and O–H groups in total. The van der Waals surface area contributed by atoms with Crippen LogP contribution in [0.3, 0.4) is 0 Å². The van der Waals surface area contributed by atoms with Crippen molar-refractivity contribution in [1.29, 1.82) is 0 Å². The minimum atomic E-state index is -0.428. The van der Waals surface area contributed by atoms with Crippen LogP contribution in [0.5, 0.6) is 0 Å². The van der Waals surface area contributed by atoms with E-state index >= 15 is 0 Å². The molecule has 0 fully saturated rings. The summed E-state index contributed by atoms with van der Waals surface area (Å²) in [6.45, 7) is 0.725. The van der Waals surface area contributed by atoms with Crippen LogP contribution in [0.25, 0.3) is 0 Å². The maximum absolute atomic E-state index is 13.4. The Labute approximate surface area is 116 Å². The summed E-state index contributed by atoms with van der Waals surface area (Å²) in [5.41, 5.74) is 0.545. The summed E-state index contributed by atoms with van der Waals surface area (Å²) in [4.78, 5) is 10.7. The maximum Gasteiger partial charge on any atom is 0.320 e. The Hall–Kier alpha value is -0.460. The van der Waals surface area contributed by atoms with Crippen LogP contribution in [0.4, 0.5) is 4.39 Å². The molecule has 0 aliphatic heterocycles. The van der Waals surface area contributed by atoms with Crippen LogP contribution in [-0.4, -0.2) is 24.5 Å². The summed E-state index contributed by atoms with van der Waals surface area (Å²) in [6.07, 6.45) is 0. The molecule has 0 aliphatic carbocycles. The molecule has 1 rings (SSSR count). The molecule has 17 heavy (non-hydrogen) atoms. The minimum absolute atomic E-state index is 0.273. The highest BCUT2D eigenvalue weighted by atomic mass is 79.9. The van der Waals surface area contributed by atoms with Gasteiger partial charge in [-0.2, -0.15) is 0 Å². The van der Waals surface area contributed by atoms with Crippen LogP contribution in [0.1, 0.15) is 5.56 Å². The first-order valence-corrected chi connectivity index (χ1v) is 6.62. The number of carbonyl (C=O) groups excluding carboxylic acids is 1. The van der Waals surface area contributed by atoms with E-state index in [-0.39, 0.29) is 11.8 Å². The predicted octanol–water partition coefficient (Wildman–Crippen LogP) is 2.61. The Morgan fingerprint density at radius 3 is 2.94 bits per heavy atom. The van der Waals surface area contributed by atoms with Gasteiger partial charge in [-0.1, -0.05) is 31.9 Å². The van der Waals surface area contributed by atoms with Crippen molar-refractivity contribution in [2.45, 2.75) is 11.4 Å². The molecule has 0 aliphatic rings. The Kier molecular flexibility index (Phi) is 6.08. The van der Waals surface area contributed by atoms with E-state index in [1.54, 1.807) is 12.1 Å². The summed E-state index contributed by atoms with van der Waals surface area (Å²) in [5.74, 6) is -0.628. The maximum atomic E-state index is 13.4. The number of alkyl halides is 1. The number of benzene rings is 1. The number of ether oxygens (including phenoxy) is 1. The van der Waals surface area contributed by atoms with Gasteiger partial charge in [-0.25, -0.2) is 4.39 Å². The van der Waals surface area contributed by atoms with Crippen LogP contribution in [0.2, 0.25) is 0 Å². The molecule has 1 aromatic rings. The van der Waals surface area contributed by atoms with Gasteiger partial charge in [0, 0.05) is 23.1 Å². The van der Waals surface area contributed by atoms with E-state index in [2.05, 4.69) is 41.9 Å². The van der Waals surface area contributed by atoms with Crippen LogP contribution in [0.15, 0.2) is 22.7 Å². The third-order valence-corrected chi connectivity index (χ3v) is 3.29. The number of rotatable bonds is 5. The highest BCUT2D eigenvalue weighted by Gasteiger charge is 2.14. The van der Waals surface area contributed by atoms with Gasteiger partial charge in [0.15, 0.2) is 0 Å². The Morgan fingerprint density at radius 1 is 1.59 bits per heavy atom. The second-order valence-corrected chi connectivity index (χ2v) is 5.38. The van der Waals surface area contributed by atoms with E-state index in [1.165, 1.54) is 13.2 Å². The molecule has 1 atom stereocenters. The number of hydrogen-bond donors (Lipinski definition) is 1. The highest BCUT2D eigenvalue weighted by molar-refractivity contribution is 9.10. The molecule has 0 saturated heterocycles. The number of halogens is 3. The zero-order chi connectivity index (χ0) is 12.8. The van der Waals surface area contributed by atoms with Gasteiger partial charge in [-0.15, -0.1) is 0 Å². The molecule has 0 aromatic heterocycles. The molecular formula is C11H12Br2FNO2. The topological polar surface area (TPSA) is 38.3 Å². The summed E-state index contributed by atoms with van der Waals surface area (Å²) < 4.78 is 18.7. The normalized spacial score (nSPS) is 12.2. The van der Waals surface area contributed by atoms with Gasteiger partial charge in [0.1, 0.15) is 10.6 Å². The Balaban J connectivity index is 2.45. The van der Waals surface area contributed by atoms with E-state index < -0.39 is 4.83 Å². The van der Waals surface area contributed by atoms with Gasteiger partial charge < -0.3 is 10.1 Å². The largest absolute Gasteiger partial charge is 0.468 e. The third-order valence-electron chi connectivity index (χ3n) is 2.10. The minimum Gasteiger partial charge on any atom is -0.468 e. The second kappa shape index (κ2) is 7.08. The van der Waals surface area contributed by atoms with Gasteiger partial charge in [-0.05, 0) is 18.2 Å². The van der Waals surface area contributed by atoms with Crippen molar-refractivity contribution < 1.29 is 13.9 Å². The fourth-order valence-corrected chi connectivity index (χ4v) is 2.05. The number of nitrogens with one attached hydrogen (secondary N) is 1. The molecule has 0 amide bonds. The summed E-state index contributed by atoms with van der Waals surface area (Å²) in [7, 11) is 1.32. The van der Waals surface area contributed by atoms with Crippen LogP contribution < -0.4 is 5.32 Å². The van der Waals surface area contributed by atoms with Crippen molar-refractivity contribution in [3.8, 4) is 0 Å². The molecular weight excluding hydrogens is 357 g/mol. The van der Waals surface area contributed by atoms with Crippen LogP contribution >= 0.6 is 31.9 Å². The molecule has 6 heteroatoms. The molecule has 0 bridgehead atoms. The third kappa shape index (κ3) is 4.73. The molecule has 94 valence electrons. The van der Waals surface area contributed by atoms with Gasteiger partial charge in [-0.3, -0.25) is 4.79 Å². The lowest BCUT2D eigenvalue weighted by Gasteiger charge is -2.09. The van der Waals surface area contributed by atoms with Crippen molar-refractivity contribution in [1.82, 2.24) is 5.32 Å². The van der Waals surface area contributed by atoms with Gasteiger partial charge >= 0.3 is 5.97 Å². The molecule has 0 radical (unpaired) electrons. The number of hydrogen-bond acceptors (Lipinski definition) is 3. The predicted molar refractivity (Wildman–Crippen MR) is 70.5 cm³/mol. The van der Waals surface area contributed by atoms with E-state index in [0.29, 0.717) is 18.7 Å². The molecule has 0 heterocycles. The first-order chi connectivity index (χ1) is 8.04. The lowest BCUT2D eigenvalue weighted by molar-refractivity contribution is -0.139. The lowest BCUT2D eigenvalue weighted by Crippen LogP contribution is -2.29. The van der Waals surface area contributed by atoms with Crippen molar-refractivity contribution in [2.75, 3.05) is 13.7 Å².